The molecule has 0 aliphatic carbocycles. The van der Waals surface area contributed by atoms with E-state index in [4.69, 9.17) is 16.3 Å². The molecule has 1 aromatic rings. The van der Waals surface area contributed by atoms with Gasteiger partial charge in [0.15, 0.2) is 11.5 Å². The summed E-state index contributed by atoms with van der Waals surface area (Å²) in [4.78, 5) is 10.7. The summed E-state index contributed by atoms with van der Waals surface area (Å²) in [5.41, 5.74) is 0.275. The van der Waals surface area contributed by atoms with Crippen LogP contribution in [0, 0.1) is 0 Å². The van der Waals surface area contributed by atoms with Crippen molar-refractivity contribution in [2.24, 2.45) is 0 Å². The highest BCUT2D eigenvalue weighted by molar-refractivity contribution is 6.32. The Balaban J connectivity index is 2.90. The molecule has 0 heterocycles. The number of halogens is 1. The Bertz CT molecular complexity index is 466. The second-order valence-corrected chi connectivity index (χ2v) is 4.41. The molecule has 0 aliphatic rings. The number of ether oxygens (including phenoxy) is 1. The Hall–Kier alpha value is -1.50. The molecule has 2 unspecified atom stereocenters. The number of carbonyl (C=O) groups excluding carboxylic acids is 1. The SMILES string of the molecule is COc1cc(C(O)C(O)CNC(C)=O)cc(Cl)c1O. The lowest BCUT2D eigenvalue weighted by Gasteiger charge is -2.19. The van der Waals surface area contributed by atoms with Gasteiger partial charge in [-0.1, -0.05) is 11.6 Å². The summed E-state index contributed by atoms with van der Waals surface area (Å²) >= 11 is 5.78. The van der Waals surface area contributed by atoms with Crippen molar-refractivity contribution in [2.45, 2.75) is 19.1 Å². The molecular formula is C12H16ClNO5. The van der Waals surface area contributed by atoms with Gasteiger partial charge < -0.3 is 25.4 Å². The average molecular weight is 290 g/mol. The van der Waals surface area contributed by atoms with Gasteiger partial charge in [-0.2, -0.15) is 0 Å². The van der Waals surface area contributed by atoms with Crippen molar-refractivity contribution < 1.29 is 24.9 Å². The van der Waals surface area contributed by atoms with Gasteiger partial charge in [0.25, 0.3) is 0 Å². The molecule has 0 bridgehead atoms. The van der Waals surface area contributed by atoms with E-state index in [0.29, 0.717) is 0 Å². The van der Waals surface area contributed by atoms with Crippen LogP contribution in [0.5, 0.6) is 11.5 Å². The second-order valence-electron chi connectivity index (χ2n) is 4.00. The molecule has 0 fully saturated rings. The first kappa shape index (κ1) is 15.6. The van der Waals surface area contributed by atoms with E-state index in [1.165, 1.54) is 26.2 Å². The van der Waals surface area contributed by atoms with Gasteiger partial charge in [0.05, 0.1) is 12.1 Å². The standard InChI is InChI=1S/C12H16ClNO5/c1-6(15)14-5-9(16)11(17)7-3-8(13)12(18)10(4-7)19-2/h3-4,9,11,16-18H,5H2,1-2H3,(H,14,15). The molecule has 0 radical (unpaired) electrons. The van der Waals surface area contributed by atoms with Crippen LogP contribution in [0.2, 0.25) is 5.02 Å². The molecular weight excluding hydrogens is 274 g/mol. The molecule has 0 saturated carbocycles. The number of methoxy groups -OCH3 is 1. The lowest BCUT2D eigenvalue weighted by atomic mass is 10.0. The summed E-state index contributed by atoms with van der Waals surface area (Å²) in [5.74, 6) is -0.461. The number of carbonyl (C=O) groups is 1. The Labute approximate surface area is 115 Å². The van der Waals surface area contributed by atoms with Crippen molar-refractivity contribution in [1.29, 1.82) is 0 Å². The van der Waals surface area contributed by atoms with Crippen LogP contribution in [-0.4, -0.2) is 41.0 Å². The van der Waals surface area contributed by atoms with Crippen LogP contribution < -0.4 is 10.1 Å². The minimum absolute atomic E-state index is 0.000118. The van der Waals surface area contributed by atoms with E-state index >= 15 is 0 Å². The molecule has 0 aliphatic heterocycles. The molecule has 0 saturated heterocycles. The topological polar surface area (TPSA) is 99.0 Å². The number of nitrogens with one attached hydrogen (secondary N) is 1. The summed E-state index contributed by atoms with van der Waals surface area (Å²) < 4.78 is 4.90. The van der Waals surface area contributed by atoms with Crippen LogP contribution in [0.15, 0.2) is 12.1 Å². The molecule has 1 rings (SSSR count). The van der Waals surface area contributed by atoms with Gasteiger partial charge in [0.1, 0.15) is 12.2 Å². The van der Waals surface area contributed by atoms with Gasteiger partial charge in [-0.05, 0) is 17.7 Å². The van der Waals surface area contributed by atoms with Crippen molar-refractivity contribution >= 4 is 17.5 Å². The summed E-state index contributed by atoms with van der Waals surface area (Å²) in [7, 11) is 1.34. The third kappa shape index (κ3) is 3.99. The molecule has 0 spiro atoms. The van der Waals surface area contributed by atoms with Gasteiger partial charge in [0, 0.05) is 13.5 Å². The summed E-state index contributed by atoms with van der Waals surface area (Å²) in [6, 6.07) is 2.68. The van der Waals surface area contributed by atoms with Crippen LogP contribution in [0.3, 0.4) is 0 Å². The van der Waals surface area contributed by atoms with Crippen LogP contribution >= 0.6 is 11.6 Å². The summed E-state index contributed by atoms with van der Waals surface area (Å²) in [6.07, 6.45) is -2.46. The average Bonchev–Trinajstić information content (AvgIpc) is 2.37. The smallest absolute Gasteiger partial charge is 0.216 e. The zero-order valence-electron chi connectivity index (χ0n) is 10.6. The molecule has 0 aromatic heterocycles. The number of aliphatic hydroxyl groups excluding tert-OH is 2. The third-order valence-corrected chi connectivity index (χ3v) is 2.82. The molecule has 2 atom stereocenters. The largest absolute Gasteiger partial charge is 0.503 e. The second kappa shape index (κ2) is 6.60. The fourth-order valence-electron chi connectivity index (χ4n) is 1.50. The number of aliphatic hydroxyl groups is 2. The Morgan fingerprint density at radius 2 is 2.11 bits per heavy atom. The van der Waals surface area contributed by atoms with E-state index in [-0.39, 0.29) is 34.5 Å². The molecule has 1 aromatic carbocycles. The zero-order chi connectivity index (χ0) is 14.6. The molecule has 19 heavy (non-hydrogen) atoms. The lowest BCUT2D eigenvalue weighted by Crippen LogP contribution is -2.34. The first-order valence-corrected chi connectivity index (χ1v) is 5.91. The van der Waals surface area contributed by atoms with Crippen molar-refractivity contribution in [3.63, 3.8) is 0 Å². The fraction of sp³-hybridized carbons (Fsp3) is 0.417. The quantitative estimate of drug-likeness (QED) is 0.636. The van der Waals surface area contributed by atoms with E-state index < -0.39 is 12.2 Å². The van der Waals surface area contributed by atoms with Gasteiger partial charge >= 0.3 is 0 Å². The molecule has 6 nitrogen and oxygen atoms in total. The molecule has 106 valence electrons. The first-order valence-electron chi connectivity index (χ1n) is 5.53. The Morgan fingerprint density at radius 1 is 1.47 bits per heavy atom. The minimum atomic E-state index is -1.26. The predicted octanol–water partition coefficient (Wildman–Crippen LogP) is 0.585. The van der Waals surface area contributed by atoms with E-state index in [9.17, 15) is 20.1 Å². The van der Waals surface area contributed by atoms with Crippen LogP contribution in [0.4, 0.5) is 0 Å². The van der Waals surface area contributed by atoms with Crippen molar-refractivity contribution in [1.82, 2.24) is 5.32 Å². The molecule has 1 amide bonds. The normalized spacial score (nSPS) is 13.7. The lowest BCUT2D eigenvalue weighted by molar-refractivity contribution is -0.119. The van der Waals surface area contributed by atoms with E-state index in [1.54, 1.807) is 0 Å². The number of benzene rings is 1. The number of phenols is 1. The van der Waals surface area contributed by atoms with Crippen LogP contribution in [0.25, 0.3) is 0 Å². The van der Waals surface area contributed by atoms with Gasteiger partial charge in [-0.15, -0.1) is 0 Å². The highest BCUT2D eigenvalue weighted by atomic mass is 35.5. The minimum Gasteiger partial charge on any atom is -0.503 e. The number of hydrogen-bond donors (Lipinski definition) is 4. The number of rotatable bonds is 5. The van der Waals surface area contributed by atoms with E-state index in [0.717, 1.165) is 0 Å². The maximum absolute atomic E-state index is 10.7. The zero-order valence-corrected chi connectivity index (χ0v) is 11.3. The van der Waals surface area contributed by atoms with Crippen molar-refractivity contribution in [3.8, 4) is 11.5 Å². The van der Waals surface area contributed by atoms with Gasteiger partial charge in [0.2, 0.25) is 5.91 Å². The van der Waals surface area contributed by atoms with Gasteiger partial charge in [-0.25, -0.2) is 0 Å². The fourth-order valence-corrected chi connectivity index (χ4v) is 1.72. The predicted molar refractivity (Wildman–Crippen MR) is 69.3 cm³/mol. The number of aromatic hydroxyl groups is 1. The summed E-state index contributed by atoms with van der Waals surface area (Å²) in [5, 5.41) is 31.6. The maximum Gasteiger partial charge on any atom is 0.216 e. The Kier molecular flexibility index (Phi) is 5.41. The number of amides is 1. The maximum atomic E-state index is 10.7. The van der Waals surface area contributed by atoms with E-state index in [1.807, 2.05) is 0 Å². The van der Waals surface area contributed by atoms with E-state index in [2.05, 4.69) is 5.32 Å². The van der Waals surface area contributed by atoms with Crippen LogP contribution in [0.1, 0.15) is 18.6 Å². The molecule has 4 N–H and O–H groups in total. The third-order valence-electron chi connectivity index (χ3n) is 2.54. The Morgan fingerprint density at radius 3 is 2.63 bits per heavy atom. The van der Waals surface area contributed by atoms with Crippen LogP contribution in [-0.2, 0) is 4.79 Å². The van der Waals surface area contributed by atoms with Crippen molar-refractivity contribution in [2.75, 3.05) is 13.7 Å². The van der Waals surface area contributed by atoms with Gasteiger partial charge in [-0.3, -0.25) is 4.79 Å². The number of phenolic OH excluding ortho intramolecular Hbond substituents is 1. The summed E-state index contributed by atoms with van der Waals surface area (Å²) in [6.45, 7) is 1.21. The highest BCUT2D eigenvalue weighted by Gasteiger charge is 2.21. The van der Waals surface area contributed by atoms with Crippen molar-refractivity contribution in [3.05, 3.63) is 22.7 Å². The highest BCUT2D eigenvalue weighted by Crippen LogP contribution is 2.37. The first-order chi connectivity index (χ1) is 8.86. The monoisotopic (exact) mass is 289 g/mol. The number of hydrogen-bond acceptors (Lipinski definition) is 5. The molecule has 7 heteroatoms.